The molecule has 0 aromatic rings. The normalized spacial score (nSPS) is 14.3. The van der Waals surface area contributed by atoms with Crippen LogP contribution in [0, 0.1) is 6.92 Å². The summed E-state index contributed by atoms with van der Waals surface area (Å²) in [6, 6.07) is 0. The van der Waals surface area contributed by atoms with Crippen molar-refractivity contribution in [3.63, 3.8) is 0 Å². The van der Waals surface area contributed by atoms with Crippen LogP contribution in [0.15, 0.2) is 0 Å². The first-order chi connectivity index (χ1) is 4.16. The van der Waals surface area contributed by atoms with E-state index in [9.17, 15) is 0 Å². The van der Waals surface area contributed by atoms with Gasteiger partial charge in [-0.15, -0.1) is 0 Å². The number of rotatable bonds is 4. The van der Waals surface area contributed by atoms with E-state index in [0.717, 1.165) is 0 Å². The van der Waals surface area contributed by atoms with Crippen molar-refractivity contribution in [1.82, 2.24) is 0 Å². The lowest BCUT2D eigenvalue weighted by Crippen LogP contribution is -2.14. The SMILES string of the molecule is [CH2]C(C)OOC(O)CC. The van der Waals surface area contributed by atoms with Gasteiger partial charge in [-0.3, -0.25) is 0 Å². The molecule has 0 heterocycles. The van der Waals surface area contributed by atoms with Crippen molar-refractivity contribution in [2.45, 2.75) is 32.7 Å². The standard InChI is InChI=1S/C6H13O3/c1-4-6(7)9-8-5(2)3/h5-7H,2,4H2,1,3H3. The largest absolute Gasteiger partial charge is 0.366 e. The van der Waals surface area contributed by atoms with Gasteiger partial charge in [-0.05, 0) is 20.3 Å². The molecule has 2 atom stereocenters. The van der Waals surface area contributed by atoms with Crippen LogP contribution in [0.2, 0.25) is 0 Å². The van der Waals surface area contributed by atoms with Crippen LogP contribution in [-0.4, -0.2) is 17.5 Å². The van der Waals surface area contributed by atoms with Gasteiger partial charge < -0.3 is 5.11 Å². The Labute approximate surface area is 55.5 Å². The van der Waals surface area contributed by atoms with Crippen LogP contribution in [0.4, 0.5) is 0 Å². The van der Waals surface area contributed by atoms with E-state index in [2.05, 4.69) is 16.7 Å². The van der Waals surface area contributed by atoms with Crippen LogP contribution < -0.4 is 0 Å². The Kier molecular flexibility index (Phi) is 4.67. The molecule has 0 fully saturated rings. The molecule has 2 unspecified atom stereocenters. The second-order valence-corrected chi connectivity index (χ2v) is 1.87. The van der Waals surface area contributed by atoms with Crippen molar-refractivity contribution in [3.05, 3.63) is 6.92 Å². The zero-order chi connectivity index (χ0) is 7.28. The maximum Gasteiger partial charge on any atom is 0.188 e. The number of hydrogen-bond donors (Lipinski definition) is 1. The average Bonchev–Trinajstić information content (AvgIpc) is 1.83. The molecule has 0 aliphatic rings. The molecule has 0 bridgehead atoms. The Morgan fingerprint density at radius 2 is 2.11 bits per heavy atom. The van der Waals surface area contributed by atoms with Gasteiger partial charge in [-0.2, -0.15) is 0 Å². The molecule has 0 aromatic heterocycles. The van der Waals surface area contributed by atoms with Gasteiger partial charge >= 0.3 is 0 Å². The minimum atomic E-state index is -0.825. The summed E-state index contributed by atoms with van der Waals surface area (Å²) in [7, 11) is 0. The molecule has 0 spiro atoms. The number of aliphatic hydroxyl groups is 1. The van der Waals surface area contributed by atoms with Crippen molar-refractivity contribution in [1.29, 1.82) is 0 Å². The molecule has 0 aromatic carbocycles. The van der Waals surface area contributed by atoms with Crippen LogP contribution in [0.3, 0.4) is 0 Å². The third-order valence-corrected chi connectivity index (χ3v) is 0.680. The van der Waals surface area contributed by atoms with Gasteiger partial charge in [0, 0.05) is 0 Å². The minimum Gasteiger partial charge on any atom is -0.366 e. The molecule has 0 saturated heterocycles. The Morgan fingerprint density at radius 3 is 2.44 bits per heavy atom. The Hall–Kier alpha value is -0.120. The highest BCUT2D eigenvalue weighted by Gasteiger charge is 2.01. The molecule has 9 heavy (non-hydrogen) atoms. The molecule has 0 aliphatic heterocycles. The fourth-order valence-corrected chi connectivity index (χ4v) is 0.227. The summed E-state index contributed by atoms with van der Waals surface area (Å²) < 4.78 is 0. The molecular weight excluding hydrogens is 120 g/mol. The van der Waals surface area contributed by atoms with E-state index in [-0.39, 0.29) is 6.10 Å². The Morgan fingerprint density at radius 1 is 1.56 bits per heavy atom. The molecule has 0 amide bonds. The summed E-state index contributed by atoms with van der Waals surface area (Å²) in [5.41, 5.74) is 0. The van der Waals surface area contributed by atoms with Crippen LogP contribution in [-0.2, 0) is 9.78 Å². The van der Waals surface area contributed by atoms with E-state index in [1.807, 2.05) is 0 Å². The highest BCUT2D eigenvalue weighted by atomic mass is 17.2. The van der Waals surface area contributed by atoms with E-state index in [1.165, 1.54) is 0 Å². The third-order valence-electron chi connectivity index (χ3n) is 0.680. The second kappa shape index (κ2) is 4.73. The van der Waals surface area contributed by atoms with Crippen molar-refractivity contribution in [2.24, 2.45) is 0 Å². The maximum absolute atomic E-state index is 8.73. The zero-order valence-corrected chi connectivity index (χ0v) is 5.83. The molecule has 3 heteroatoms. The van der Waals surface area contributed by atoms with Crippen molar-refractivity contribution < 1.29 is 14.9 Å². The van der Waals surface area contributed by atoms with Crippen molar-refractivity contribution >= 4 is 0 Å². The van der Waals surface area contributed by atoms with E-state index < -0.39 is 6.29 Å². The topological polar surface area (TPSA) is 38.7 Å². The van der Waals surface area contributed by atoms with Gasteiger partial charge in [0.15, 0.2) is 6.29 Å². The Bertz CT molecular complexity index is 63.3. The second-order valence-electron chi connectivity index (χ2n) is 1.87. The lowest BCUT2D eigenvalue weighted by molar-refractivity contribution is -0.381. The molecule has 0 aliphatic carbocycles. The van der Waals surface area contributed by atoms with Crippen molar-refractivity contribution in [2.75, 3.05) is 0 Å². The van der Waals surface area contributed by atoms with Gasteiger partial charge in [0.1, 0.15) is 0 Å². The fraction of sp³-hybridized carbons (Fsp3) is 0.833. The number of aliphatic hydroxyl groups excluding tert-OH is 1. The summed E-state index contributed by atoms with van der Waals surface area (Å²) >= 11 is 0. The van der Waals surface area contributed by atoms with E-state index in [4.69, 9.17) is 5.11 Å². The smallest absolute Gasteiger partial charge is 0.188 e. The van der Waals surface area contributed by atoms with Crippen LogP contribution in [0.1, 0.15) is 20.3 Å². The summed E-state index contributed by atoms with van der Waals surface area (Å²) in [4.78, 5) is 8.98. The van der Waals surface area contributed by atoms with Gasteiger partial charge in [0.25, 0.3) is 0 Å². The first-order valence-electron chi connectivity index (χ1n) is 3.00. The first kappa shape index (κ1) is 8.88. The van der Waals surface area contributed by atoms with Crippen LogP contribution in [0.5, 0.6) is 0 Å². The third kappa shape index (κ3) is 5.76. The first-order valence-corrected chi connectivity index (χ1v) is 3.00. The quantitative estimate of drug-likeness (QED) is 0.351. The average molecular weight is 133 g/mol. The molecule has 1 radical (unpaired) electrons. The molecule has 3 nitrogen and oxygen atoms in total. The van der Waals surface area contributed by atoms with Gasteiger partial charge in [0.2, 0.25) is 0 Å². The highest BCUT2D eigenvalue weighted by Crippen LogP contribution is 1.96. The summed E-state index contributed by atoms with van der Waals surface area (Å²) in [6.45, 7) is 7.00. The summed E-state index contributed by atoms with van der Waals surface area (Å²) in [5.74, 6) is 0. The van der Waals surface area contributed by atoms with Crippen molar-refractivity contribution in [3.8, 4) is 0 Å². The van der Waals surface area contributed by atoms with Crippen LogP contribution in [0.25, 0.3) is 0 Å². The van der Waals surface area contributed by atoms with Crippen LogP contribution >= 0.6 is 0 Å². The lowest BCUT2D eigenvalue weighted by Gasteiger charge is -2.09. The molecular formula is C6H13O3. The molecule has 0 rings (SSSR count). The number of hydrogen-bond acceptors (Lipinski definition) is 3. The highest BCUT2D eigenvalue weighted by molar-refractivity contribution is 4.44. The zero-order valence-electron chi connectivity index (χ0n) is 5.83. The summed E-state index contributed by atoms with van der Waals surface area (Å²) in [6.07, 6.45) is -0.549. The van der Waals surface area contributed by atoms with E-state index in [0.29, 0.717) is 6.42 Å². The predicted octanol–water partition coefficient (Wildman–Crippen LogP) is 0.886. The predicted molar refractivity (Wildman–Crippen MR) is 33.3 cm³/mol. The molecule has 55 valence electrons. The monoisotopic (exact) mass is 133 g/mol. The maximum atomic E-state index is 8.73. The van der Waals surface area contributed by atoms with Gasteiger partial charge in [0.05, 0.1) is 6.10 Å². The Balaban J connectivity index is 3.06. The summed E-state index contributed by atoms with van der Waals surface area (Å²) in [5, 5.41) is 8.73. The van der Waals surface area contributed by atoms with E-state index in [1.54, 1.807) is 13.8 Å². The van der Waals surface area contributed by atoms with Gasteiger partial charge in [-0.25, -0.2) is 9.78 Å². The fourth-order valence-electron chi connectivity index (χ4n) is 0.227. The van der Waals surface area contributed by atoms with E-state index >= 15 is 0 Å². The lowest BCUT2D eigenvalue weighted by atomic mass is 10.5. The van der Waals surface area contributed by atoms with Gasteiger partial charge in [-0.1, -0.05) is 6.92 Å². The molecule has 1 N–H and O–H groups in total. The molecule has 0 saturated carbocycles. The minimum absolute atomic E-state index is 0.244.